The molecule has 0 aliphatic carbocycles. The maximum Gasteiger partial charge on any atom is 0.319 e. The molecular weight excluding hydrogens is 284 g/mol. The summed E-state index contributed by atoms with van der Waals surface area (Å²) in [5.74, 6) is -4.11. The minimum atomic E-state index is -3.95. The van der Waals surface area contributed by atoms with Gasteiger partial charge in [-0.05, 0) is 25.0 Å². The fraction of sp³-hybridized carbons (Fsp3) is 0.917. The van der Waals surface area contributed by atoms with E-state index in [0.29, 0.717) is 0 Å². The van der Waals surface area contributed by atoms with Crippen molar-refractivity contribution in [1.82, 2.24) is 0 Å². The van der Waals surface area contributed by atoms with E-state index in [1.165, 1.54) is 11.8 Å². The van der Waals surface area contributed by atoms with E-state index in [0.717, 1.165) is 0 Å². The summed E-state index contributed by atoms with van der Waals surface area (Å²) in [6.07, 6.45) is -4.57. The summed E-state index contributed by atoms with van der Waals surface area (Å²) in [7, 11) is 0. The molecule has 0 bridgehead atoms. The second kappa shape index (κ2) is 8.66. The van der Waals surface area contributed by atoms with Gasteiger partial charge >= 0.3 is 18.3 Å². The topological polar surface area (TPSA) is 26.3 Å². The van der Waals surface area contributed by atoms with Gasteiger partial charge in [0.2, 0.25) is 0 Å². The smallest absolute Gasteiger partial charge is 0.319 e. The van der Waals surface area contributed by atoms with Crippen LogP contribution in [0.1, 0.15) is 33.6 Å². The first kappa shape index (κ1) is 18.5. The van der Waals surface area contributed by atoms with Crippen molar-refractivity contribution in [2.75, 3.05) is 12.4 Å². The zero-order valence-electron chi connectivity index (χ0n) is 11.3. The number of carbonyl (C=O) groups excluding carboxylic acids is 1. The van der Waals surface area contributed by atoms with Crippen LogP contribution in [0, 0.1) is 5.92 Å². The predicted molar refractivity (Wildman–Crippen MR) is 67.9 cm³/mol. The molecule has 0 aromatic rings. The van der Waals surface area contributed by atoms with E-state index in [1.54, 1.807) is 6.92 Å². The molecule has 0 saturated heterocycles. The third-order valence-corrected chi connectivity index (χ3v) is 4.02. The highest BCUT2D eigenvalue weighted by Crippen LogP contribution is 2.30. The minimum absolute atomic E-state index is 0.000316. The van der Waals surface area contributed by atoms with Gasteiger partial charge in [-0.2, -0.15) is 0 Å². The number of carbonyl (C=O) groups is 1. The van der Waals surface area contributed by atoms with Crippen LogP contribution in [0.2, 0.25) is 0 Å². The van der Waals surface area contributed by atoms with Crippen LogP contribution >= 0.6 is 11.8 Å². The molecule has 7 heteroatoms. The summed E-state index contributed by atoms with van der Waals surface area (Å²) in [5.41, 5.74) is 0. The number of ether oxygens (including phenoxy) is 1. The lowest BCUT2D eigenvalue weighted by molar-refractivity contribution is -0.143. The molecule has 1 atom stereocenters. The van der Waals surface area contributed by atoms with Gasteiger partial charge in [-0.1, -0.05) is 13.8 Å². The van der Waals surface area contributed by atoms with Crippen molar-refractivity contribution in [3.63, 3.8) is 0 Å². The molecule has 0 spiro atoms. The van der Waals surface area contributed by atoms with E-state index in [-0.39, 0.29) is 30.7 Å². The van der Waals surface area contributed by atoms with E-state index >= 15 is 0 Å². The number of halogens is 4. The molecule has 0 saturated carbocycles. The number of thioether (sulfide) groups is 1. The monoisotopic (exact) mass is 304 g/mol. The largest absolute Gasteiger partial charge is 0.465 e. The molecule has 0 amide bonds. The van der Waals surface area contributed by atoms with Crippen LogP contribution in [-0.2, 0) is 9.53 Å². The molecule has 1 unspecified atom stereocenters. The average molecular weight is 304 g/mol. The molecule has 2 nitrogen and oxygen atoms in total. The van der Waals surface area contributed by atoms with Crippen molar-refractivity contribution < 1.29 is 27.1 Å². The first-order valence-electron chi connectivity index (χ1n) is 6.16. The van der Waals surface area contributed by atoms with Crippen molar-refractivity contribution in [3.8, 4) is 0 Å². The van der Waals surface area contributed by atoms with Gasteiger partial charge in [0, 0.05) is 6.42 Å². The lowest BCUT2D eigenvalue weighted by Gasteiger charge is -2.19. The molecule has 0 heterocycles. The zero-order valence-corrected chi connectivity index (χ0v) is 12.1. The number of alkyl halides is 4. The molecule has 0 aliphatic heterocycles. The van der Waals surface area contributed by atoms with Crippen LogP contribution in [0.4, 0.5) is 17.6 Å². The van der Waals surface area contributed by atoms with Gasteiger partial charge in [-0.3, -0.25) is 4.79 Å². The van der Waals surface area contributed by atoms with Crippen molar-refractivity contribution >= 4 is 17.7 Å². The fourth-order valence-electron chi connectivity index (χ4n) is 1.38. The Morgan fingerprint density at radius 3 is 2.32 bits per heavy atom. The molecule has 0 aliphatic rings. The van der Waals surface area contributed by atoms with Crippen LogP contribution in [0.3, 0.4) is 0 Å². The van der Waals surface area contributed by atoms with Gasteiger partial charge in [0.15, 0.2) is 0 Å². The summed E-state index contributed by atoms with van der Waals surface area (Å²) < 4.78 is 54.0. The van der Waals surface area contributed by atoms with Crippen LogP contribution in [0.5, 0.6) is 0 Å². The Balaban J connectivity index is 4.11. The van der Waals surface area contributed by atoms with Gasteiger partial charge in [-0.15, -0.1) is 11.8 Å². The first-order chi connectivity index (χ1) is 8.72. The van der Waals surface area contributed by atoms with Gasteiger partial charge in [0.05, 0.1) is 6.61 Å². The summed E-state index contributed by atoms with van der Waals surface area (Å²) >= 11 is 1.18. The highest BCUT2D eigenvalue weighted by molar-refractivity contribution is 8.00. The molecule has 0 aromatic heterocycles. The Bertz CT molecular complexity index is 272. The molecule has 0 fully saturated rings. The van der Waals surface area contributed by atoms with Gasteiger partial charge in [-0.25, -0.2) is 17.6 Å². The van der Waals surface area contributed by atoms with Crippen LogP contribution in [0.15, 0.2) is 0 Å². The first-order valence-corrected chi connectivity index (χ1v) is 7.21. The Morgan fingerprint density at radius 1 is 1.32 bits per heavy atom. The molecule has 19 heavy (non-hydrogen) atoms. The molecule has 0 rings (SSSR count). The maximum absolute atomic E-state index is 12.7. The van der Waals surface area contributed by atoms with E-state index in [9.17, 15) is 22.4 Å². The quantitative estimate of drug-likeness (QED) is 0.366. The Labute approximate surface area is 115 Å². The van der Waals surface area contributed by atoms with Crippen molar-refractivity contribution in [3.05, 3.63) is 0 Å². The number of hydrogen-bond donors (Lipinski definition) is 0. The van der Waals surface area contributed by atoms with Crippen molar-refractivity contribution in [2.45, 2.75) is 51.2 Å². The summed E-state index contributed by atoms with van der Waals surface area (Å²) in [6, 6.07) is 0. The number of esters is 1. The lowest BCUT2D eigenvalue weighted by Crippen LogP contribution is -2.28. The molecular formula is C12H20F4O2S. The Morgan fingerprint density at radius 2 is 1.89 bits per heavy atom. The van der Waals surface area contributed by atoms with Gasteiger partial charge in [0.1, 0.15) is 5.25 Å². The third-order valence-electron chi connectivity index (χ3n) is 2.40. The van der Waals surface area contributed by atoms with Crippen molar-refractivity contribution in [2.24, 2.45) is 5.92 Å². The number of hydrogen-bond acceptors (Lipinski definition) is 3. The summed E-state index contributed by atoms with van der Waals surface area (Å²) in [5, 5.41) is -0.444. The number of rotatable bonds is 9. The van der Waals surface area contributed by atoms with Gasteiger partial charge < -0.3 is 4.74 Å². The van der Waals surface area contributed by atoms with Gasteiger partial charge in [0.25, 0.3) is 0 Å². The zero-order chi connectivity index (χ0) is 15.1. The third kappa shape index (κ3) is 7.03. The highest BCUT2D eigenvalue weighted by atomic mass is 32.2. The van der Waals surface area contributed by atoms with Crippen LogP contribution < -0.4 is 0 Å². The van der Waals surface area contributed by atoms with E-state index < -0.39 is 24.0 Å². The van der Waals surface area contributed by atoms with Crippen molar-refractivity contribution in [1.29, 1.82) is 0 Å². The van der Waals surface area contributed by atoms with Crippen LogP contribution in [-0.4, -0.2) is 35.9 Å². The molecule has 0 radical (unpaired) electrons. The van der Waals surface area contributed by atoms with E-state index in [2.05, 4.69) is 0 Å². The maximum atomic E-state index is 12.7. The summed E-state index contributed by atoms with van der Waals surface area (Å²) in [6.45, 7) is 5.58. The average Bonchev–Trinajstić information content (AvgIpc) is 2.28. The SMILES string of the molecule is CCOC(=O)C(SCCCC(F)(F)C(F)F)C(C)C. The predicted octanol–water partition coefficient (Wildman–Crippen LogP) is 3.99. The summed E-state index contributed by atoms with van der Waals surface area (Å²) in [4.78, 5) is 11.6. The minimum Gasteiger partial charge on any atom is -0.465 e. The lowest BCUT2D eigenvalue weighted by atomic mass is 10.1. The molecule has 114 valence electrons. The Hall–Kier alpha value is -0.460. The second-order valence-electron chi connectivity index (χ2n) is 4.45. The van der Waals surface area contributed by atoms with E-state index in [4.69, 9.17) is 4.74 Å². The Kier molecular flexibility index (Phi) is 8.45. The fourth-order valence-corrected chi connectivity index (χ4v) is 2.54. The van der Waals surface area contributed by atoms with Crippen LogP contribution in [0.25, 0.3) is 0 Å². The van der Waals surface area contributed by atoms with E-state index in [1.807, 2.05) is 13.8 Å². The standard InChI is InChI=1S/C12H20F4O2S/c1-4-18-10(17)9(8(2)3)19-7-5-6-12(15,16)11(13)14/h8-9,11H,4-7H2,1-3H3. The highest BCUT2D eigenvalue weighted by Gasteiger charge is 2.39. The molecule has 0 N–H and O–H groups in total. The second-order valence-corrected chi connectivity index (χ2v) is 5.70. The normalized spacial score (nSPS) is 13.9. The molecule has 0 aromatic carbocycles.